The van der Waals surface area contributed by atoms with Crippen LogP contribution in [-0.2, 0) is 16.2 Å². The van der Waals surface area contributed by atoms with Gasteiger partial charge in [0.15, 0.2) is 0 Å². The van der Waals surface area contributed by atoms with E-state index >= 15 is 0 Å². The molecule has 6 heteroatoms. The number of benzene rings is 24. The van der Waals surface area contributed by atoms with Crippen LogP contribution in [0.15, 0.2) is 500 Å². The van der Waals surface area contributed by atoms with Gasteiger partial charge in [-0.25, -0.2) is 0 Å². The number of hydrogen-bond acceptors (Lipinski definition) is 6. The maximum Gasteiger partial charge on any atom is 0.137 e. The predicted molar refractivity (Wildman–Crippen MR) is 625 cm³/mol. The van der Waals surface area contributed by atoms with Crippen molar-refractivity contribution >= 4 is 191 Å². The summed E-state index contributed by atoms with van der Waals surface area (Å²) in [6.45, 7) is 14.1. The molecule has 147 heavy (non-hydrogen) atoms. The first-order valence-electron chi connectivity index (χ1n) is 51.0. The van der Waals surface area contributed by atoms with Crippen molar-refractivity contribution < 1.29 is 8.83 Å². The fourth-order valence-electron chi connectivity index (χ4n) is 24.7. The molecule has 0 bridgehead atoms. The number of rotatable bonds is 12. The molecular formula is C141H99N3O2S. The van der Waals surface area contributed by atoms with Gasteiger partial charge in [0.05, 0.1) is 0 Å². The van der Waals surface area contributed by atoms with Crippen molar-refractivity contribution in [3.63, 3.8) is 0 Å². The molecule has 3 heterocycles. The van der Waals surface area contributed by atoms with E-state index in [-0.39, 0.29) is 16.2 Å². The number of thiophene rings is 1. The SMILES string of the molecule is CC1(C)c2ccccc2-c2c1ccc1ccc3cc(N(c4ccc(-c5ccccc5)cc4)c4ccc5oc6ccccc6c5c4)ccc3c21.CC1(C)c2ccccc2-c2c1ccc1ccc3cc(N(c4cccc(-c5ccccc5)c4)c4ccc5c(c4)oc4ccccc45)ccc3c21.CC1(C)c2ccccc2-c2c1ccc1ccc3cc(N(c4cccc(-c5ccccc5)c4)c4ccc5c(c4)sc4ccccc45)ccc3c21. The van der Waals surface area contributed by atoms with E-state index in [2.05, 4.69) is 523 Å². The summed E-state index contributed by atoms with van der Waals surface area (Å²) in [6, 6.07) is 179. The van der Waals surface area contributed by atoms with Gasteiger partial charge in [-0.3, -0.25) is 0 Å². The minimum absolute atomic E-state index is 0.0337. The Hall–Kier alpha value is -17.9. The fourth-order valence-corrected chi connectivity index (χ4v) is 25.8. The van der Waals surface area contributed by atoms with E-state index in [1.165, 1.54) is 185 Å². The van der Waals surface area contributed by atoms with Crippen LogP contribution in [0.4, 0.5) is 51.2 Å². The molecule has 3 aliphatic rings. The molecule has 0 aliphatic heterocycles. The van der Waals surface area contributed by atoms with Crippen LogP contribution in [0.3, 0.4) is 0 Å². The maximum atomic E-state index is 6.39. The molecule has 3 aromatic heterocycles. The lowest BCUT2D eigenvalue weighted by Crippen LogP contribution is -2.14. The number of anilines is 9. The Morgan fingerprint density at radius 3 is 0.939 bits per heavy atom. The zero-order valence-corrected chi connectivity index (χ0v) is 83.1. The average Bonchev–Trinajstić information content (AvgIpc) is 1.56. The van der Waals surface area contributed by atoms with Crippen LogP contribution in [0.25, 0.3) is 195 Å². The highest BCUT2D eigenvalue weighted by Gasteiger charge is 2.40. The van der Waals surface area contributed by atoms with E-state index < -0.39 is 0 Å². The summed E-state index contributed by atoms with van der Waals surface area (Å²) in [7, 11) is 0. The molecule has 0 amide bonds. The number of nitrogens with zero attached hydrogens (tertiary/aromatic N) is 3. The van der Waals surface area contributed by atoms with Crippen molar-refractivity contribution in [3.8, 4) is 66.8 Å². The number of hydrogen-bond donors (Lipinski definition) is 0. The molecule has 0 saturated heterocycles. The topological polar surface area (TPSA) is 36.0 Å². The van der Waals surface area contributed by atoms with Crippen LogP contribution in [0.5, 0.6) is 0 Å². The normalized spacial score (nSPS) is 13.3. The Labute approximate surface area is 857 Å². The van der Waals surface area contributed by atoms with Crippen LogP contribution in [-0.4, -0.2) is 0 Å². The Morgan fingerprint density at radius 2 is 0.469 bits per heavy atom. The van der Waals surface area contributed by atoms with Crippen LogP contribution in [0.1, 0.15) is 74.9 Å². The molecule has 27 aromatic rings. The third-order valence-electron chi connectivity index (χ3n) is 31.9. The largest absolute Gasteiger partial charge is 0.456 e. The highest BCUT2D eigenvalue weighted by molar-refractivity contribution is 7.25. The molecular weight excluding hydrogens is 1800 g/mol. The molecule has 0 unspecified atom stereocenters. The van der Waals surface area contributed by atoms with Gasteiger partial charge in [0.25, 0.3) is 0 Å². The van der Waals surface area contributed by atoms with Crippen LogP contribution < -0.4 is 14.7 Å². The standard InChI is InChI=1S/2C47H33NO.C47H33NS/c1-47(2)41-17-8-6-16-40(41)46-42(47)26-21-31-19-20-33-28-35(22-24-37(33)45(31)46)48(34-14-10-13-32(27-34)30-11-4-3-5-12-30)36-23-25-39-38-15-7-9-18-43(38)49-44(39)29-36;1-47(2)41-14-8-6-13-39(41)46-42(47)26-20-32-16-17-33-28-35(23-25-37(33)45(32)46)48(34-21-18-31(19-22-34)30-10-4-3-5-11-30)36-24-27-44-40(29-36)38-12-7-9-15-43(38)49-44;1-47(2)41-17-8-6-16-40(41)46-42(47)26-21-31-19-20-33-28-35(22-24-37(33)45(31)46)48(34-14-10-13-32(27-34)30-11-4-3-5-12-30)36-23-25-39-38-15-7-9-18-43(38)49-44(39)29-36/h3*3-29H,1-2H3. The third-order valence-corrected chi connectivity index (χ3v) is 33.0. The van der Waals surface area contributed by atoms with Gasteiger partial charge in [-0.05, 0) is 298 Å². The second-order valence-corrected chi connectivity index (χ2v) is 42.4. The molecule has 30 rings (SSSR count). The van der Waals surface area contributed by atoms with Gasteiger partial charge in [-0.1, -0.05) is 393 Å². The second kappa shape index (κ2) is 34.1. The van der Waals surface area contributed by atoms with Crippen molar-refractivity contribution in [1.29, 1.82) is 0 Å². The van der Waals surface area contributed by atoms with Gasteiger partial charge in [0.1, 0.15) is 22.3 Å². The van der Waals surface area contributed by atoms with Gasteiger partial charge in [-0.2, -0.15) is 0 Å². The van der Waals surface area contributed by atoms with Gasteiger partial charge in [0, 0.05) is 115 Å². The van der Waals surface area contributed by atoms with E-state index in [9.17, 15) is 0 Å². The van der Waals surface area contributed by atoms with E-state index in [1.54, 1.807) is 0 Å². The lowest BCUT2D eigenvalue weighted by Gasteiger charge is -2.27. The average molecular weight is 1900 g/mol. The first kappa shape index (κ1) is 86.9. The lowest BCUT2D eigenvalue weighted by molar-refractivity contribution is 0.660. The van der Waals surface area contributed by atoms with Gasteiger partial charge >= 0.3 is 0 Å². The molecule has 0 saturated carbocycles. The first-order chi connectivity index (χ1) is 72.1. The molecule has 0 N–H and O–H groups in total. The van der Waals surface area contributed by atoms with Gasteiger partial charge in [-0.15, -0.1) is 11.3 Å². The monoisotopic (exact) mass is 1900 g/mol. The first-order valence-corrected chi connectivity index (χ1v) is 51.9. The number of para-hydroxylation sites is 2. The molecule has 696 valence electrons. The summed E-state index contributed by atoms with van der Waals surface area (Å²) >= 11 is 1.87. The van der Waals surface area contributed by atoms with Crippen LogP contribution in [0, 0.1) is 0 Å². The molecule has 24 aromatic carbocycles. The zero-order valence-electron chi connectivity index (χ0n) is 82.3. The van der Waals surface area contributed by atoms with Crippen molar-refractivity contribution in [1.82, 2.24) is 0 Å². The van der Waals surface area contributed by atoms with E-state index in [0.29, 0.717) is 0 Å². The van der Waals surface area contributed by atoms with Crippen molar-refractivity contribution in [2.24, 2.45) is 0 Å². The summed E-state index contributed by atoms with van der Waals surface area (Å²) in [5.74, 6) is 0. The molecule has 0 atom stereocenters. The lowest BCUT2D eigenvalue weighted by atomic mass is 9.82. The van der Waals surface area contributed by atoms with Crippen LogP contribution >= 0.6 is 11.3 Å². The van der Waals surface area contributed by atoms with E-state index in [4.69, 9.17) is 8.83 Å². The van der Waals surface area contributed by atoms with Gasteiger partial charge < -0.3 is 23.5 Å². The summed E-state index contributed by atoms with van der Waals surface area (Å²) in [6.07, 6.45) is 0. The van der Waals surface area contributed by atoms with Crippen LogP contribution in [0.2, 0.25) is 0 Å². The summed E-state index contributed by atoms with van der Waals surface area (Å²) < 4.78 is 15.2. The zero-order chi connectivity index (χ0) is 98.1. The number of furan rings is 2. The molecule has 0 fully saturated rings. The van der Waals surface area contributed by atoms with Crippen molar-refractivity contribution in [2.45, 2.75) is 57.8 Å². The molecule has 3 aliphatic carbocycles. The van der Waals surface area contributed by atoms with Crippen molar-refractivity contribution in [3.05, 3.63) is 525 Å². The van der Waals surface area contributed by atoms with Gasteiger partial charge in [0.2, 0.25) is 0 Å². The maximum absolute atomic E-state index is 6.39. The second-order valence-electron chi connectivity index (χ2n) is 41.3. The molecule has 0 radical (unpaired) electrons. The van der Waals surface area contributed by atoms with Crippen molar-refractivity contribution in [2.75, 3.05) is 14.7 Å². The highest BCUT2D eigenvalue weighted by Crippen LogP contribution is 2.58. The fraction of sp³-hybridized carbons (Fsp3) is 0.0638. The summed E-state index contributed by atoms with van der Waals surface area (Å²) in [5.41, 5.74) is 37.3. The van der Waals surface area contributed by atoms with E-state index in [1.807, 2.05) is 35.6 Å². The minimum Gasteiger partial charge on any atom is -0.456 e. The molecule has 5 nitrogen and oxygen atoms in total. The Morgan fingerprint density at radius 1 is 0.170 bits per heavy atom. The van der Waals surface area contributed by atoms with E-state index in [0.717, 1.165) is 95.1 Å². The third kappa shape index (κ3) is 14.2. The minimum atomic E-state index is -0.0436. The summed E-state index contributed by atoms with van der Waals surface area (Å²) in [5, 5.41) is 22.5. The highest BCUT2D eigenvalue weighted by atomic mass is 32.1. The summed E-state index contributed by atoms with van der Waals surface area (Å²) in [4.78, 5) is 7.15. The predicted octanol–water partition coefficient (Wildman–Crippen LogP) is 40.5. The molecule has 0 spiro atoms. The number of fused-ring (bicyclic) bond motifs is 30. The Kier molecular flexibility index (Phi) is 20.2. The Bertz CT molecular complexity index is 9680. The smallest absolute Gasteiger partial charge is 0.137 e. The quantitative estimate of drug-likeness (QED) is 0.114. The Balaban J connectivity index is 0.000000107.